The Kier molecular flexibility index (Phi) is 3.32. The molecule has 0 fully saturated rings. The van der Waals surface area contributed by atoms with Gasteiger partial charge in [-0.15, -0.1) is 0 Å². The van der Waals surface area contributed by atoms with Crippen molar-refractivity contribution in [3.8, 4) is 0 Å². The van der Waals surface area contributed by atoms with Gasteiger partial charge in [0.1, 0.15) is 0 Å². The predicted octanol–water partition coefficient (Wildman–Crippen LogP) is 1.55. The summed E-state index contributed by atoms with van der Waals surface area (Å²) in [6.07, 6.45) is 0. The van der Waals surface area contributed by atoms with Gasteiger partial charge < -0.3 is 0 Å². The SMILES string of the molecule is CPc1cccc(PC)c1. The minimum atomic E-state index is 0.934. The molecule has 0 spiro atoms. The molecule has 2 heteroatoms. The second-order valence-electron chi connectivity index (χ2n) is 2.08. The van der Waals surface area contributed by atoms with Crippen molar-refractivity contribution in [1.82, 2.24) is 0 Å². The monoisotopic (exact) mass is 170 g/mol. The van der Waals surface area contributed by atoms with Crippen LogP contribution < -0.4 is 10.6 Å². The lowest BCUT2D eigenvalue weighted by atomic mass is 10.4. The van der Waals surface area contributed by atoms with Crippen LogP contribution in [0.25, 0.3) is 0 Å². The molecule has 1 aromatic carbocycles. The van der Waals surface area contributed by atoms with Gasteiger partial charge in [-0.3, -0.25) is 0 Å². The lowest BCUT2D eigenvalue weighted by Crippen LogP contribution is -2.01. The largest absolute Gasteiger partial charge is 0.0936 e. The fourth-order valence-electron chi connectivity index (χ4n) is 0.830. The Morgan fingerprint density at radius 1 is 1.00 bits per heavy atom. The zero-order valence-corrected chi connectivity index (χ0v) is 8.31. The van der Waals surface area contributed by atoms with Crippen molar-refractivity contribution in [1.29, 1.82) is 0 Å². The van der Waals surface area contributed by atoms with E-state index in [0.29, 0.717) is 0 Å². The highest BCUT2D eigenvalue weighted by atomic mass is 31.1. The van der Waals surface area contributed by atoms with Crippen LogP contribution >= 0.6 is 17.2 Å². The van der Waals surface area contributed by atoms with Gasteiger partial charge >= 0.3 is 0 Å². The van der Waals surface area contributed by atoms with Crippen LogP contribution in [0.3, 0.4) is 0 Å². The van der Waals surface area contributed by atoms with Crippen molar-refractivity contribution in [3.05, 3.63) is 24.3 Å². The first kappa shape index (κ1) is 8.18. The lowest BCUT2D eigenvalue weighted by Gasteiger charge is -1.98. The van der Waals surface area contributed by atoms with E-state index >= 15 is 0 Å². The van der Waals surface area contributed by atoms with Gasteiger partial charge in [-0.2, -0.15) is 0 Å². The third-order valence-electron chi connectivity index (χ3n) is 1.44. The van der Waals surface area contributed by atoms with Gasteiger partial charge in [0, 0.05) is 0 Å². The molecular weight excluding hydrogens is 158 g/mol. The van der Waals surface area contributed by atoms with Gasteiger partial charge in [0.2, 0.25) is 0 Å². The Hall–Kier alpha value is 0.0800. The van der Waals surface area contributed by atoms with Crippen LogP contribution in [-0.2, 0) is 0 Å². The average Bonchev–Trinajstić information content (AvgIpc) is 2.05. The van der Waals surface area contributed by atoms with E-state index in [1.807, 2.05) is 0 Å². The number of rotatable bonds is 2. The first-order valence-electron chi connectivity index (χ1n) is 3.32. The summed E-state index contributed by atoms with van der Waals surface area (Å²) in [6.45, 7) is 4.44. The molecule has 2 unspecified atom stereocenters. The standard InChI is InChI=1S/C8H12P2/c1-9-7-4-3-5-8(6-7)10-2/h3-6,9-10H,1-2H3. The summed E-state index contributed by atoms with van der Waals surface area (Å²) >= 11 is 0. The van der Waals surface area contributed by atoms with Gasteiger partial charge in [-0.25, -0.2) is 0 Å². The summed E-state index contributed by atoms with van der Waals surface area (Å²) in [5, 5.41) is 2.96. The fourth-order valence-corrected chi connectivity index (χ4v) is 2.10. The van der Waals surface area contributed by atoms with Crippen LogP contribution in [0.2, 0.25) is 0 Å². The Morgan fingerprint density at radius 2 is 1.50 bits per heavy atom. The summed E-state index contributed by atoms with van der Waals surface area (Å²) in [6, 6.07) is 8.85. The third kappa shape index (κ3) is 2.04. The van der Waals surface area contributed by atoms with E-state index in [1.54, 1.807) is 0 Å². The Balaban J connectivity index is 2.87. The number of hydrogen-bond acceptors (Lipinski definition) is 0. The van der Waals surface area contributed by atoms with E-state index < -0.39 is 0 Å². The molecule has 1 rings (SSSR count). The van der Waals surface area contributed by atoms with Crippen molar-refractivity contribution in [2.24, 2.45) is 0 Å². The third-order valence-corrected chi connectivity index (χ3v) is 3.22. The van der Waals surface area contributed by atoms with Crippen molar-refractivity contribution in [3.63, 3.8) is 0 Å². The molecule has 54 valence electrons. The minimum absolute atomic E-state index is 0.934. The van der Waals surface area contributed by atoms with E-state index in [2.05, 4.69) is 37.6 Å². The van der Waals surface area contributed by atoms with Crippen molar-refractivity contribution in [2.75, 3.05) is 13.3 Å². The lowest BCUT2D eigenvalue weighted by molar-refractivity contribution is 1.84. The quantitative estimate of drug-likeness (QED) is 0.591. The van der Waals surface area contributed by atoms with E-state index in [0.717, 1.165) is 17.2 Å². The molecule has 2 atom stereocenters. The molecule has 0 N–H and O–H groups in total. The topological polar surface area (TPSA) is 0 Å². The maximum absolute atomic E-state index is 2.30. The Morgan fingerprint density at radius 3 is 1.90 bits per heavy atom. The molecule has 0 heterocycles. The van der Waals surface area contributed by atoms with Crippen LogP contribution in [0, 0.1) is 0 Å². The van der Waals surface area contributed by atoms with Crippen LogP contribution in [0.5, 0.6) is 0 Å². The minimum Gasteiger partial charge on any atom is -0.0936 e. The molecular formula is C8H12P2. The van der Waals surface area contributed by atoms with Crippen LogP contribution in [-0.4, -0.2) is 13.3 Å². The zero-order chi connectivity index (χ0) is 7.40. The molecule has 0 aliphatic carbocycles. The molecule has 0 bridgehead atoms. The molecule has 0 nitrogen and oxygen atoms in total. The van der Waals surface area contributed by atoms with Gasteiger partial charge in [0.15, 0.2) is 0 Å². The highest BCUT2D eigenvalue weighted by molar-refractivity contribution is 7.48. The van der Waals surface area contributed by atoms with Crippen LogP contribution in [0.4, 0.5) is 0 Å². The van der Waals surface area contributed by atoms with Crippen molar-refractivity contribution < 1.29 is 0 Å². The average molecular weight is 170 g/mol. The molecule has 0 aromatic heterocycles. The van der Waals surface area contributed by atoms with E-state index in [4.69, 9.17) is 0 Å². The van der Waals surface area contributed by atoms with Crippen LogP contribution in [0.1, 0.15) is 0 Å². The number of hydrogen-bond donors (Lipinski definition) is 0. The normalized spacial score (nSPS) is 12.2. The molecule has 0 aliphatic heterocycles. The molecule has 1 aromatic rings. The smallest absolute Gasteiger partial charge is 0.0268 e. The van der Waals surface area contributed by atoms with Gasteiger partial charge in [-0.05, 0) is 30.0 Å². The predicted molar refractivity (Wildman–Crippen MR) is 54.2 cm³/mol. The second kappa shape index (κ2) is 4.06. The van der Waals surface area contributed by atoms with Crippen molar-refractivity contribution in [2.45, 2.75) is 0 Å². The molecule has 10 heavy (non-hydrogen) atoms. The molecule has 0 amide bonds. The molecule has 0 saturated heterocycles. The van der Waals surface area contributed by atoms with Gasteiger partial charge in [0.05, 0.1) is 0 Å². The van der Waals surface area contributed by atoms with Gasteiger partial charge in [-0.1, -0.05) is 35.4 Å². The number of benzene rings is 1. The Labute approximate surface area is 66.0 Å². The highest BCUT2D eigenvalue weighted by Crippen LogP contribution is 2.06. The van der Waals surface area contributed by atoms with E-state index in [-0.39, 0.29) is 0 Å². The summed E-state index contributed by atoms with van der Waals surface area (Å²) in [4.78, 5) is 0. The van der Waals surface area contributed by atoms with E-state index in [1.165, 1.54) is 10.6 Å². The zero-order valence-electron chi connectivity index (χ0n) is 6.31. The fraction of sp³-hybridized carbons (Fsp3) is 0.250. The van der Waals surface area contributed by atoms with Crippen LogP contribution in [0.15, 0.2) is 24.3 Å². The summed E-state index contributed by atoms with van der Waals surface area (Å²) in [7, 11) is 1.87. The summed E-state index contributed by atoms with van der Waals surface area (Å²) in [5.74, 6) is 0. The summed E-state index contributed by atoms with van der Waals surface area (Å²) in [5.41, 5.74) is 0. The maximum atomic E-state index is 2.30. The highest BCUT2D eigenvalue weighted by Gasteiger charge is 1.89. The van der Waals surface area contributed by atoms with E-state index in [9.17, 15) is 0 Å². The molecule has 0 radical (unpaired) electrons. The van der Waals surface area contributed by atoms with Gasteiger partial charge in [0.25, 0.3) is 0 Å². The first-order chi connectivity index (χ1) is 4.86. The Bertz CT molecular complexity index is 189. The van der Waals surface area contributed by atoms with Crippen molar-refractivity contribution >= 4 is 27.8 Å². The first-order valence-corrected chi connectivity index (χ1v) is 6.32. The maximum Gasteiger partial charge on any atom is -0.0268 e. The molecule has 0 saturated carbocycles. The molecule has 0 aliphatic rings. The summed E-state index contributed by atoms with van der Waals surface area (Å²) < 4.78 is 0. The second-order valence-corrected chi connectivity index (χ2v) is 4.24.